The lowest BCUT2D eigenvalue weighted by Crippen LogP contribution is -2.38. The molecule has 1 aromatic carbocycles. The molecule has 2 N–H and O–H groups in total. The lowest BCUT2D eigenvalue weighted by atomic mass is 9.96. The van der Waals surface area contributed by atoms with Crippen molar-refractivity contribution in [1.82, 2.24) is 20.6 Å². The fourth-order valence-corrected chi connectivity index (χ4v) is 4.94. The minimum atomic E-state index is -0.379. The summed E-state index contributed by atoms with van der Waals surface area (Å²) in [5.41, 5.74) is 4.18. The van der Waals surface area contributed by atoms with E-state index < -0.39 is 0 Å². The summed E-state index contributed by atoms with van der Waals surface area (Å²) < 4.78 is 5.25. The van der Waals surface area contributed by atoms with Gasteiger partial charge in [0, 0.05) is 31.4 Å². The maximum absolute atomic E-state index is 11.8. The first-order valence-electron chi connectivity index (χ1n) is 11.3. The zero-order valence-electron chi connectivity index (χ0n) is 18.6. The number of hydrogen-bond donors (Lipinski definition) is 2. The molecule has 0 spiro atoms. The summed E-state index contributed by atoms with van der Waals surface area (Å²) >= 11 is 0.892. The molecule has 2 amide bonds. The van der Waals surface area contributed by atoms with E-state index in [2.05, 4.69) is 49.8 Å². The average Bonchev–Trinajstić information content (AvgIpc) is 3.50. The number of nitrogens with zero attached hydrogens (tertiary/aromatic N) is 3. The molecule has 0 aliphatic carbocycles. The second-order valence-corrected chi connectivity index (χ2v) is 9.38. The highest BCUT2D eigenvalue weighted by Crippen LogP contribution is 2.27. The Bertz CT molecular complexity index is 1200. The minimum absolute atomic E-state index is 0.355. The van der Waals surface area contributed by atoms with Gasteiger partial charge in [0.05, 0.1) is 23.1 Å². The van der Waals surface area contributed by atoms with E-state index in [0.717, 1.165) is 56.3 Å². The molecule has 2 aliphatic heterocycles. The Labute approximate surface area is 201 Å². The van der Waals surface area contributed by atoms with Gasteiger partial charge < -0.3 is 14.6 Å². The van der Waals surface area contributed by atoms with Gasteiger partial charge in [0.1, 0.15) is 0 Å². The van der Waals surface area contributed by atoms with E-state index in [1.165, 1.54) is 11.1 Å². The van der Waals surface area contributed by atoms with Gasteiger partial charge in [-0.15, -0.1) is 0 Å². The molecule has 0 bridgehead atoms. The minimum Gasteiger partial charge on any atom is -0.472 e. The zero-order valence-corrected chi connectivity index (χ0v) is 19.4. The van der Waals surface area contributed by atoms with Crippen LogP contribution in [0.25, 0.3) is 17.2 Å². The van der Waals surface area contributed by atoms with Crippen LogP contribution in [0.15, 0.2) is 64.4 Å². The number of benzene rings is 1. The van der Waals surface area contributed by atoms with Gasteiger partial charge in [-0.25, -0.2) is 9.97 Å². The highest BCUT2D eigenvalue weighted by Gasteiger charge is 2.25. The summed E-state index contributed by atoms with van der Waals surface area (Å²) in [6.45, 7) is 3.54. The van der Waals surface area contributed by atoms with E-state index in [9.17, 15) is 9.59 Å². The first-order chi connectivity index (χ1) is 16.7. The molecule has 174 valence electrons. The summed E-state index contributed by atoms with van der Waals surface area (Å²) in [5, 5.41) is 5.53. The largest absolute Gasteiger partial charge is 0.472 e. The van der Waals surface area contributed by atoms with E-state index in [0.29, 0.717) is 22.5 Å². The number of imide groups is 1. The van der Waals surface area contributed by atoms with Gasteiger partial charge in [0.15, 0.2) is 0 Å². The van der Waals surface area contributed by atoms with Gasteiger partial charge >= 0.3 is 0 Å². The van der Waals surface area contributed by atoms with Crippen molar-refractivity contribution in [3.63, 3.8) is 0 Å². The molecular weight excluding hydrogens is 450 g/mol. The predicted molar refractivity (Wildman–Crippen MR) is 132 cm³/mol. The highest BCUT2D eigenvalue weighted by molar-refractivity contribution is 8.18. The molecule has 0 saturated carbocycles. The smallest absolute Gasteiger partial charge is 0.290 e. The van der Waals surface area contributed by atoms with Crippen molar-refractivity contribution in [1.29, 1.82) is 0 Å². The van der Waals surface area contributed by atoms with Crippen LogP contribution in [0.3, 0.4) is 0 Å². The Balaban J connectivity index is 1.13. The van der Waals surface area contributed by atoms with E-state index in [-0.39, 0.29) is 11.1 Å². The molecule has 5 rings (SSSR count). The normalized spacial score (nSPS) is 18.0. The standard InChI is InChI=1S/C25H25N5O3S/c31-23-22(34-25(32)29-23)13-20-5-9-27-24(28-20)30-10-6-17(7-11-30)14-26-15-18-3-1-2-4-21(18)19-8-12-33-16-19/h1-5,8-9,12-13,16-17,26H,6-7,10-11,14-15H2,(H,29,31,32)/b22-13-. The molecule has 0 atom stereocenters. The fourth-order valence-electron chi connectivity index (χ4n) is 4.27. The van der Waals surface area contributed by atoms with Gasteiger partial charge in [0.25, 0.3) is 11.1 Å². The van der Waals surface area contributed by atoms with Gasteiger partial charge in [-0.05, 0) is 66.4 Å². The van der Waals surface area contributed by atoms with E-state index in [4.69, 9.17) is 4.42 Å². The van der Waals surface area contributed by atoms with Crippen molar-refractivity contribution < 1.29 is 14.0 Å². The third-order valence-corrected chi connectivity index (χ3v) is 6.89. The number of carbonyl (C=O) groups is 2. The number of rotatable bonds is 7. The highest BCUT2D eigenvalue weighted by atomic mass is 32.2. The lowest BCUT2D eigenvalue weighted by molar-refractivity contribution is -0.115. The van der Waals surface area contributed by atoms with Crippen LogP contribution in [0.2, 0.25) is 0 Å². The third kappa shape index (κ3) is 5.21. The maximum atomic E-state index is 11.8. The summed E-state index contributed by atoms with van der Waals surface area (Å²) in [5.74, 6) is 0.868. The molecule has 2 fully saturated rings. The van der Waals surface area contributed by atoms with Crippen molar-refractivity contribution in [3.8, 4) is 11.1 Å². The van der Waals surface area contributed by atoms with Crippen molar-refractivity contribution in [3.05, 3.63) is 71.3 Å². The number of carbonyl (C=O) groups excluding carboxylic acids is 2. The SMILES string of the molecule is O=C1NC(=O)/C(=C/c2ccnc(N3CCC(CNCc4ccccc4-c4ccoc4)CC3)n2)S1. The maximum Gasteiger partial charge on any atom is 0.290 e. The average molecular weight is 476 g/mol. The molecule has 0 radical (unpaired) electrons. The molecule has 2 aliphatic rings. The molecule has 3 aromatic rings. The molecule has 2 aromatic heterocycles. The zero-order chi connectivity index (χ0) is 23.3. The Morgan fingerprint density at radius 3 is 2.79 bits per heavy atom. The lowest BCUT2D eigenvalue weighted by Gasteiger charge is -2.32. The number of nitrogens with one attached hydrogen (secondary N) is 2. The molecule has 2 saturated heterocycles. The first kappa shape index (κ1) is 22.4. The Hall–Kier alpha value is -3.43. The van der Waals surface area contributed by atoms with Gasteiger partial charge in [-0.3, -0.25) is 14.9 Å². The quantitative estimate of drug-likeness (QED) is 0.494. The topological polar surface area (TPSA) is 100 Å². The summed E-state index contributed by atoms with van der Waals surface area (Å²) in [7, 11) is 0. The van der Waals surface area contributed by atoms with Crippen LogP contribution in [-0.4, -0.2) is 40.7 Å². The van der Waals surface area contributed by atoms with Crippen molar-refractivity contribution >= 4 is 34.9 Å². The van der Waals surface area contributed by atoms with Crippen LogP contribution >= 0.6 is 11.8 Å². The number of anilines is 1. The van der Waals surface area contributed by atoms with Crippen LogP contribution in [0.1, 0.15) is 24.1 Å². The monoisotopic (exact) mass is 475 g/mol. The van der Waals surface area contributed by atoms with Crippen molar-refractivity contribution in [2.45, 2.75) is 19.4 Å². The second kappa shape index (κ2) is 10.2. The Kier molecular flexibility index (Phi) is 6.73. The van der Waals surface area contributed by atoms with Gasteiger partial charge in [-0.2, -0.15) is 0 Å². The van der Waals surface area contributed by atoms with Crippen LogP contribution in [0.5, 0.6) is 0 Å². The number of furan rings is 1. The van der Waals surface area contributed by atoms with E-state index >= 15 is 0 Å². The number of amides is 2. The molecule has 8 nitrogen and oxygen atoms in total. The van der Waals surface area contributed by atoms with Crippen molar-refractivity contribution in [2.24, 2.45) is 5.92 Å². The fraction of sp³-hybridized carbons (Fsp3) is 0.280. The second-order valence-electron chi connectivity index (χ2n) is 8.36. The summed E-state index contributed by atoms with van der Waals surface area (Å²) in [6, 6.07) is 12.1. The molecular formula is C25H25N5O3S. The summed E-state index contributed by atoms with van der Waals surface area (Å²) in [4.78, 5) is 34.7. The molecule has 9 heteroatoms. The van der Waals surface area contributed by atoms with Crippen LogP contribution in [-0.2, 0) is 11.3 Å². The van der Waals surface area contributed by atoms with Crippen LogP contribution < -0.4 is 15.5 Å². The Morgan fingerprint density at radius 1 is 1.18 bits per heavy atom. The number of thioether (sulfide) groups is 1. The van der Waals surface area contributed by atoms with Crippen LogP contribution in [0, 0.1) is 5.92 Å². The van der Waals surface area contributed by atoms with Crippen molar-refractivity contribution in [2.75, 3.05) is 24.5 Å². The third-order valence-electron chi connectivity index (χ3n) is 6.08. The molecule has 4 heterocycles. The molecule has 0 unspecified atom stereocenters. The predicted octanol–water partition coefficient (Wildman–Crippen LogP) is 4.07. The van der Waals surface area contributed by atoms with Gasteiger partial charge in [0.2, 0.25) is 5.95 Å². The molecule has 34 heavy (non-hydrogen) atoms. The number of piperidine rings is 1. The summed E-state index contributed by atoms with van der Waals surface area (Å²) in [6.07, 6.45) is 8.92. The Morgan fingerprint density at radius 2 is 2.03 bits per heavy atom. The van der Waals surface area contributed by atoms with E-state index in [1.807, 2.05) is 6.07 Å². The number of aromatic nitrogens is 2. The number of hydrogen-bond acceptors (Lipinski definition) is 8. The van der Waals surface area contributed by atoms with Crippen LogP contribution in [0.4, 0.5) is 10.7 Å². The van der Waals surface area contributed by atoms with Gasteiger partial charge in [-0.1, -0.05) is 24.3 Å². The van der Waals surface area contributed by atoms with E-state index in [1.54, 1.807) is 30.9 Å². The first-order valence-corrected chi connectivity index (χ1v) is 12.1.